The van der Waals surface area contributed by atoms with E-state index in [1.165, 1.54) is 6.92 Å². The number of carbonyl (C=O) groups is 2. The lowest BCUT2D eigenvalue weighted by Crippen LogP contribution is -2.36. The van der Waals surface area contributed by atoms with Crippen LogP contribution in [0.5, 0.6) is 0 Å². The minimum atomic E-state index is -0.566. The average Bonchev–Trinajstić information content (AvgIpc) is 2.35. The fourth-order valence-electron chi connectivity index (χ4n) is 2.19. The van der Waals surface area contributed by atoms with Crippen LogP contribution in [-0.2, 0) is 14.3 Å². The molecule has 0 aromatic heterocycles. The zero-order valence-corrected chi connectivity index (χ0v) is 14.8. The van der Waals surface area contributed by atoms with E-state index in [1.54, 1.807) is 6.92 Å². The van der Waals surface area contributed by atoms with Crippen LogP contribution in [0.1, 0.15) is 58.2 Å². The number of amides is 1. The molecule has 0 bridgehead atoms. The summed E-state index contributed by atoms with van der Waals surface area (Å²) in [7, 11) is 0. The average molecular weight is 321 g/mol. The number of rotatable bonds is 5. The first-order valence-corrected chi connectivity index (χ1v) is 7.80. The Hall–Kier alpha value is -2.04. The lowest BCUT2D eigenvalue weighted by atomic mass is 10.00. The Balaban J connectivity index is 2.85. The Morgan fingerprint density at radius 1 is 1.17 bits per heavy atom. The maximum Gasteiger partial charge on any atom is 0.408 e. The highest BCUT2D eigenvalue weighted by molar-refractivity contribution is 5.68. The summed E-state index contributed by atoms with van der Waals surface area (Å²) >= 11 is 0. The molecule has 1 N–H and O–H groups in total. The number of hydrogen-bond donors (Lipinski definition) is 1. The van der Waals surface area contributed by atoms with Gasteiger partial charge in [-0.2, -0.15) is 0 Å². The van der Waals surface area contributed by atoms with Gasteiger partial charge in [0.25, 0.3) is 0 Å². The van der Waals surface area contributed by atoms with Gasteiger partial charge in [0.05, 0.1) is 6.04 Å². The second kappa shape index (κ2) is 7.99. The molecule has 128 valence electrons. The van der Waals surface area contributed by atoms with Gasteiger partial charge in [-0.15, -0.1) is 0 Å². The minimum Gasteiger partial charge on any atom is -0.463 e. The van der Waals surface area contributed by atoms with Crippen LogP contribution in [0.2, 0.25) is 0 Å². The van der Waals surface area contributed by atoms with Crippen LogP contribution in [0.25, 0.3) is 0 Å². The van der Waals surface area contributed by atoms with Gasteiger partial charge in [0, 0.05) is 13.3 Å². The molecule has 0 aliphatic heterocycles. The summed E-state index contributed by atoms with van der Waals surface area (Å²) in [6.45, 7) is 10.6. The lowest BCUT2D eigenvalue weighted by molar-refractivity contribution is -0.145. The summed E-state index contributed by atoms with van der Waals surface area (Å²) in [6.07, 6.45) is -0.325. The highest BCUT2D eigenvalue weighted by Gasteiger charge is 2.23. The summed E-state index contributed by atoms with van der Waals surface area (Å²) in [5, 5.41) is 2.86. The van der Waals surface area contributed by atoms with Crippen molar-refractivity contribution in [3.8, 4) is 0 Å². The van der Waals surface area contributed by atoms with E-state index in [0.717, 1.165) is 11.1 Å². The van der Waals surface area contributed by atoms with Crippen molar-refractivity contribution >= 4 is 12.1 Å². The first-order valence-electron chi connectivity index (χ1n) is 7.80. The second-order valence-corrected chi connectivity index (χ2v) is 6.77. The standard InChI is InChI=1S/C18H27NO4/c1-12-7-9-15(10-8-12)16(11-13(2)22-14(3)20)19-17(21)23-18(4,5)6/h7-10,13,16H,11H2,1-6H3,(H,19,21)/t13-,16?/m1/s1. The van der Waals surface area contributed by atoms with Crippen LogP contribution in [-0.4, -0.2) is 23.8 Å². The molecule has 2 atom stereocenters. The van der Waals surface area contributed by atoms with Gasteiger partial charge < -0.3 is 14.8 Å². The first kappa shape index (κ1) is 19.0. The van der Waals surface area contributed by atoms with Crippen molar-refractivity contribution in [2.45, 2.75) is 65.7 Å². The minimum absolute atomic E-state index is 0.292. The highest BCUT2D eigenvalue weighted by Crippen LogP contribution is 2.21. The van der Waals surface area contributed by atoms with E-state index in [1.807, 2.05) is 52.0 Å². The molecule has 1 aromatic rings. The van der Waals surface area contributed by atoms with E-state index in [4.69, 9.17) is 9.47 Å². The largest absolute Gasteiger partial charge is 0.463 e. The van der Waals surface area contributed by atoms with E-state index < -0.39 is 11.7 Å². The maximum absolute atomic E-state index is 12.1. The van der Waals surface area contributed by atoms with Crippen LogP contribution in [0.4, 0.5) is 4.79 Å². The Labute approximate surface area is 138 Å². The Morgan fingerprint density at radius 3 is 2.22 bits per heavy atom. The van der Waals surface area contributed by atoms with Crippen LogP contribution in [0.15, 0.2) is 24.3 Å². The third-order valence-electron chi connectivity index (χ3n) is 3.11. The Bertz CT molecular complexity index is 531. The van der Waals surface area contributed by atoms with Crippen molar-refractivity contribution in [1.29, 1.82) is 0 Å². The van der Waals surface area contributed by atoms with Gasteiger partial charge in [-0.05, 0) is 40.2 Å². The number of aryl methyl sites for hydroxylation is 1. The molecule has 0 aliphatic carbocycles. The maximum atomic E-state index is 12.1. The molecule has 0 heterocycles. The van der Waals surface area contributed by atoms with Crippen LogP contribution >= 0.6 is 0 Å². The summed E-state index contributed by atoms with van der Waals surface area (Å²) in [5.74, 6) is -0.336. The smallest absolute Gasteiger partial charge is 0.408 e. The molecule has 0 fully saturated rings. The number of benzene rings is 1. The number of nitrogens with one attached hydrogen (secondary N) is 1. The molecule has 1 amide bonds. The topological polar surface area (TPSA) is 64.6 Å². The molecule has 0 saturated heterocycles. The van der Waals surface area contributed by atoms with Crippen molar-refractivity contribution < 1.29 is 19.1 Å². The van der Waals surface area contributed by atoms with Crippen molar-refractivity contribution in [1.82, 2.24) is 5.32 Å². The van der Waals surface area contributed by atoms with Gasteiger partial charge in [-0.25, -0.2) is 4.79 Å². The number of hydrogen-bond acceptors (Lipinski definition) is 4. The predicted molar refractivity (Wildman–Crippen MR) is 89.1 cm³/mol. The molecular weight excluding hydrogens is 294 g/mol. The van der Waals surface area contributed by atoms with Crippen molar-refractivity contribution in [3.63, 3.8) is 0 Å². The summed E-state index contributed by atoms with van der Waals surface area (Å²) in [4.78, 5) is 23.2. The van der Waals surface area contributed by atoms with Crippen LogP contribution < -0.4 is 5.32 Å². The van der Waals surface area contributed by atoms with E-state index in [-0.39, 0.29) is 18.1 Å². The number of carbonyl (C=O) groups excluding carboxylic acids is 2. The molecule has 1 aromatic carbocycles. The molecule has 0 saturated carbocycles. The van der Waals surface area contributed by atoms with E-state index in [0.29, 0.717) is 6.42 Å². The zero-order valence-electron chi connectivity index (χ0n) is 14.8. The lowest BCUT2D eigenvalue weighted by Gasteiger charge is -2.25. The molecular formula is C18H27NO4. The summed E-state index contributed by atoms with van der Waals surface area (Å²) in [5.41, 5.74) is 1.52. The Kier molecular flexibility index (Phi) is 6.61. The van der Waals surface area contributed by atoms with Crippen molar-refractivity contribution in [2.24, 2.45) is 0 Å². The van der Waals surface area contributed by atoms with E-state index >= 15 is 0 Å². The molecule has 0 aliphatic rings. The highest BCUT2D eigenvalue weighted by atomic mass is 16.6. The SMILES string of the molecule is CC(=O)O[C@H](C)CC(NC(=O)OC(C)(C)C)c1ccc(C)cc1. The fourth-order valence-corrected chi connectivity index (χ4v) is 2.19. The zero-order chi connectivity index (χ0) is 17.6. The van der Waals surface area contributed by atoms with E-state index in [2.05, 4.69) is 5.32 Å². The van der Waals surface area contributed by atoms with Gasteiger partial charge in [0.2, 0.25) is 0 Å². The van der Waals surface area contributed by atoms with E-state index in [9.17, 15) is 9.59 Å². The Morgan fingerprint density at radius 2 is 1.74 bits per heavy atom. The molecule has 5 heteroatoms. The molecule has 23 heavy (non-hydrogen) atoms. The molecule has 0 spiro atoms. The first-order chi connectivity index (χ1) is 10.6. The quantitative estimate of drug-likeness (QED) is 0.835. The molecule has 1 rings (SSSR count). The third kappa shape index (κ3) is 7.68. The van der Waals surface area contributed by atoms with Gasteiger partial charge in [-0.3, -0.25) is 4.79 Å². The molecule has 0 radical (unpaired) electrons. The number of alkyl carbamates (subject to hydrolysis) is 1. The van der Waals surface area contributed by atoms with Crippen LogP contribution in [0, 0.1) is 6.92 Å². The van der Waals surface area contributed by atoms with Gasteiger partial charge >= 0.3 is 12.1 Å². The van der Waals surface area contributed by atoms with Crippen molar-refractivity contribution in [2.75, 3.05) is 0 Å². The fraction of sp³-hybridized carbons (Fsp3) is 0.556. The summed E-state index contributed by atoms with van der Waals surface area (Å²) in [6, 6.07) is 7.58. The predicted octanol–water partition coefficient (Wildman–Crippen LogP) is 3.90. The van der Waals surface area contributed by atoms with Gasteiger partial charge in [-0.1, -0.05) is 29.8 Å². The number of ether oxygens (including phenoxy) is 2. The van der Waals surface area contributed by atoms with Crippen molar-refractivity contribution in [3.05, 3.63) is 35.4 Å². The molecule has 5 nitrogen and oxygen atoms in total. The van der Waals surface area contributed by atoms with Gasteiger partial charge in [0.15, 0.2) is 0 Å². The third-order valence-corrected chi connectivity index (χ3v) is 3.11. The van der Waals surface area contributed by atoms with Gasteiger partial charge in [0.1, 0.15) is 11.7 Å². The second-order valence-electron chi connectivity index (χ2n) is 6.77. The normalized spacial score (nSPS) is 13.8. The monoisotopic (exact) mass is 321 g/mol. The molecule has 1 unspecified atom stereocenters. The van der Waals surface area contributed by atoms with Crippen LogP contribution in [0.3, 0.4) is 0 Å². The summed E-state index contributed by atoms with van der Waals surface area (Å²) < 4.78 is 10.5. The number of esters is 1.